The third-order valence-corrected chi connectivity index (χ3v) is 2.49. The van der Waals surface area contributed by atoms with Gasteiger partial charge < -0.3 is 20.6 Å². The molecule has 1 aromatic rings. The van der Waals surface area contributed by atoms with Crippen molar-refractivity contribution in [2.24, 2.45) is 0 Å². The maximum absolute atomic E-state index is 10.4. The van der Waals surface area contributed by atoms with E-state index in [0.29, 0.717) is 0 Å². The largest absolute Gasteiger partial charge is 0.504 e. The van der Waals surface area contributed by atoms with Gasteiger partial charge in [-0.15, -0.1) is 12.4 Å². The first-order chi connectivity index (χ1) is 10.7. The van der Waals surface area contributed by atoms with E-state index in [9.17, 15) is 15.3 Å². The number of aliphatic hydroxyl groups excluding tert-OH is 1. The van der Waals surface area contributed by atoms with E-state index in [1.54, 1.807) is 6.92 Å². The van der Waals surface area contributed by atoms with Gasteiger partial charge in [-0.2, -0.15) is 0 Å². The summed E-state index contributed by atoms with van der Waals surface area (Å²) >= 11 is 0. The predicted molar refractivity (Wildman–Crippen MR) is 74.3 cm³/mol. The van der Waals surface area contributed by atoms with Gasteiger partial charge in [-0.1, -0.05) is 26.7 Å². The Morgan fingerprint density at radius 2 is 2.00 bits per heavy atom. The molecule has 0 aliphatic rings. The van der Waals surface area contributed by atoms with E-state index in [1.807, 2.05) is 0 Å². The van der Waals surface area contributed by atoms with Crippen LogP contribution >= 0.6 is 12.4 Å². The van der Waals surface area contributed by atoms with Crippen molar-refractivity contribution in [1.29, 1.82) is 0 Å². The zero-order valence-corrected chi connectivity index (χ0v) is 10.7. The number of aromatic hydroxyl groups is 2. The van der Waals surface area contributed by atoms with Gasteiger partial charge in [0.25, 0.3) is 0 Å². The Balaban J connectivity index is 0.00000576. The molecule has 4 N–H and O–H groups in total. The molecule has 0 aromatic heterocycles. The van der Waals surface area contributed by atoms with Crippen LogP contribution in [0.15, 0.2) is 18.2 Å². The van der Waals surface area contributed by atoms with Crippen molar-refractivity contribution in [3.05, 3.63) is 23.8 Å². The van der Waals surface area contributed by atoms with Crippen LogP contribution in [0, 0.1) is 0 Å². The van der Waals surface area contributed by atoms with E-state index >= 15 is 0 Å². The van der Waals surface area contributed by atoms with Crippen molar-refractivity contribution in [3.63, 3.8) is 0 Å². The number of aliphatic hydroxyl groups is 1. The first kappa shape index (κ1) is 8.25. The van der Waals surface area contributed by atoms with Crippen LogP contribution in [0.3, 0.4) is 0 Å². The lowest BCUT2D eigenvalue weighted by Crippen LogP contribution is -2.38. The molecule has 104 valence electrons. The molecular formula is C13H22ClNO3. The van der Waals surface area contributed by atoms with Crippen LogP contribution < -0.4 is 5.32 Å². The molecule has 0 bridgehead atoms. The van der Waals surface area contributed by atoms with Crippen molar-refractivity contribution in [2.45, 2.75) is 45.2 Å². The minimum absolute atomic E-state index is 0. The van der Waals surface area contributed by atoms with Crippen molar-refractivity contribution < 1.29 is 24.9 Å². The number of hydrogen-bond acceptors (Lipinski definition) is 4. The van der Waals surface area contributed by atoms with Crippen molar-refractivity contribution >= 4 is 12.4 Å². The fraction of sp³-hybridized carbons (Fsp3) is 0.538. The quantitative estimate of drug-likeness (QED) is 0.626. The molecule has 1 rings (SSSR count). The van der Waals surface area contributed by atoms with E-state index in [-0.39, 0.29) is 24.4 Å². The second kappa shape index (κ2) is 7.46. The average Bonchev–Trinajstić information content (AvgIpc) is 2.44. The lowest BCUT2D eigenvalue weighted by atomic mass is 9.99. The van der Waals surface area contributed by atoms with Crippen LogP contribution in [-0.4, -0.2) is 27.4 Å². The lowest BCUT2D eigenvalue weighted by Gasteiger charge is -2.25. The fourth-order valence-corrected chi connectivity index (χ4v) is 1.55. The summed E-state index contributed by atoms with van der Waals surface area (Å²) < 4.78 is 52.3. The molecule has 0 saturated heterocycles. The second-order valence-corrected chi connectivity index (χ2v) is 3.73. The highest BCUT2D eigenvalue weighted by atomic mass is 35.5. The van der Waals surface area contributed by atoms with Crippen LogP contribution in [-0.2, 0) is 0 Å². The molecule has 5 heteroatoms. The lowest BCUT2D eigenvalue weighted by molar-refractivity contribution is 0.121. The topological polar surface area (TPSA) is 72.7 Å². The molecule has 0 saturated carbocycles. The Hall–Kier alpha value is -0.970. The Bertz CT molecular complexity index is 566. The molecule has 1 aromatic carbocycles. The predicted octanol–water partition coefficient (Wildman–Crippen LogP) is 2.33. The molecule has 2 unspecified atom stereocenters. The summed E-state index contributed by atoms with van der Waals surface area (Å²) in [6.07, 6.45) is -1.27. The van der Waals surface area contributed by atoms with E-state index < -0.39 is 43.4 Å². The number of hydrogen-bond donors (Lipinski definition) is 4. The number of benzene rings is 1. The van der Waals surface area contributed by atoms with E-state index in [1.165, 1.54) is 6.07 Å². The monoisotopic (exact) mass is 282 g/mol. The summed E-state index contributed by atoms with van der Waals surface area (Å²) in [4.78, 5) is 0. The van der Waals surface area contributed by atoms with Crippen molar-refractivity contribution in [2.75, 3.05) is 0 Å². The van der Waals surface area contributed by atoms with Gasteiger partial charge in [-0.3, -0.25) is 0 Å². The summed E-state index contributed by atoms with van der Waals surface area (Å²) in [5, 5.41) is 31.4. The van der Waals surface area contributed by atoms with Crippen molar-refractivity contribution in [1.82, 2.24) is 5.32 Å². The first-order valence-electron chi connectivity index (χ1n) is 8.72. The molecule has 2 atom stereocenters. The molecule has 0 spiro atoms. The van der Waals surface area contributed by atoms with Gasteiger partial charge in [0.05, 0.1) is 6.10 Å². The van der Waals surface area contributed by atoms with Gasteiger partial charge in [0, 0.05) is 21.7 Å². The third kappa shape index (κ3) is 4.37. The molecule has 0 radical (unpaired) electrons. The van der Waals surface area contributed by atoms with Crippen LogP contribution in [0.5, 0.6) is 11.5 Å². The van der Waals surface area contributed by atoms with E-state index in [2.05, 4.69) is 5.32 Å². The Morgan fingerprint density at radius 3 is 2.50 bits per heavy atom. The molecule has 0 aliphatic heterocycles. The Kier molecular flexibility index (Phi) is 3.42. The molecule has 0 amide bonds. The normalized spacial score (nSPS) is 21.8. The highest BCUT2D eigenvalue weighted by molar-refractivity contribution is 5.85. The van der Waals surface area contributed by atoms with Crippen LogP contribution in [0.4, 0.5) is 0 Å². The SMILES string of the molecule is Cl.[2H]C([2H])([2H])C([2H])(NC(CC)C(O)c1ccc(O)c(O)c1)C([2H])([2H])[2H]. The highest BCUT2D eigenvalue weighted by Crippen LogP contribution is 2.29. The zero-order valence-electron chi connectivity index (χ0n) is 16.8. The standard InChI is InChI=1S/C13H21NO3.ClH/c1-4-10(14-8(2)3)13(17)9-5-6-11(15)12(16)7-9;/h5-8,10,13-17H,4H2,1-3H3;1H/i2D3,3D3,8D;. The summed E-state index contributed by atoms with van der Waals surface area (Å²) in [7, 11) is 0. The summed E-state index contributed by atoms with van der Waals surface area (Å²) in [5.41, 5.74) is 0.142. The van der Waals surface area contributed by atoms with E-state index in [4.69, 9.17) is 9.60 Å². The van der Waals surface area contributed by atoms with Gasteiger partial charge in [0.1, 0.15) is 0 Å². The fourth-order valence-electron chi connectivity index (χ4n) is 1.55. The minimum Gasteiger partial charge on any atom is -0.504 e. The maximum Gasteiger partial charge on any atom is 0.157 e. The number of phenols is 2. The summed E-state index contributed by atoms with van der Waals surface area (Å²) in [6.45, 7) is -4.74. The summed E-state index contributed by atoms with van der Waals surface area (Å²) in [6, 6.07) is -0.517. The van der Waals surface area contributed by atoms with Gasteiger partial charge in [-0.05, 0) is 24.1 Å². The Labute approximate surface area is 124 Å². The molecular weight excluding hydrogens is 254 g/mol. The number of phenolic OH excluding ortho intramolecular Hbond substituents is 2. The van der Waals surface area contributed by atoms with E-state index in [0.717, 1.165) is 12.1 Å². The van der Waals surface area contributed by atoms with Crippen LogP contribution in [0.1, 0.15) is 48.3 Å². The average molecular weight is 283 g/mol. The molecule has 0 heterocycles. The highest BCUT2D eigenvalue weighted by Gasteiger charge is 2.20. The maximum atomic E-state index is 10.4. The minimum atomic E-state index is -3.16. The molecule has 0 aliphatic carbocycles. The van der Waals surface area contributed by atoms with Gasteiger partial charge in [-0.25, -0.2) is 0 Å². The zero-order chi connectivity index (χ0) is 18.9. The number of rotatable bonds is 5. The number of halogens is 1. The van der Waals surface area contributed by atoms with Gasteiger partial charge >= 0.3 is 0 Å². The van der Waals surface area contributed by atoms with Crippen LogP contribution in [0.2, 0.25) is 0 Å². The first-order valence-corrected chi connectivity index (χ1v) is 5.22. The number of nitrogens with one attached hydrogen (secondary N) is 1. The molecule has 0 fully saturated rings. The second-order valence-electron chi connectivity index (χ2n) is 3.73. The molecule has 18 heavy (non-hydrogen) atoms. The van der Waals surface area contributed by atoms with Gasteiger partial charge in [0.15, 0.2) is 11.5 Å². The Morgan fingerprint density at radius 1 is 1.33 bits per heavy atom. The van der Waals surface area contributed by atoms with Crippen molar-refractivity contribution in [3.8, 4) is 11.5 Å². The smallest absolute Gasteiger partial charge is 0.157 e. The van der Waals surface area contributed by atoms with Crippen LogP contribution in [0.25, 0.3) is 0 Å². The molecule has 4 nitrogen and oxygen atoms in total. The van der Waals surface area contributed by atoms with Gasteiger partial charge in [0.2, 0.25) is 0 Å². The third-order valence-electron chi connectivity index (χ3n) is 2.49. The summed E-state index contributed by atoms with van der Waals surface area (Å²) in [5.74, 6) is -0.878.